The Labute approximate surface area is 215 Å². The largest absolute Gasteiger partial charge is 0.491 e. The highest BCUT2D eigenvalue weighted by Crippen LogP contribution is 2.12. The van der Waals surface area contributed by atoms with Crippen molar-refractivity contribution >= 4 is 43.6 Å². The van der Waals surface area contributed by atoms with Crippen LogP contribution in [-0.2, 0) is 39.3 Å². The van der Waals surface area contributed by atoms with E-state index < -0.39 is 81.5 Å². The van der Waals surface area contributed by atoms with Crippen molar-refractivity contribution in [3.63, 3.8) is 0 Å². The molecule has 0 aliphatic heterocycles. The predicted molar refractivity (Wildman–Crippen MR) is 123 cm³/mol. The lowest BCUT2D eigenvalue weighted by atomic mass is 10.1. The van der Waals surface area contributed by atoms with Crippen molar-refractivity contribution in [2.24, 2.45) is 0 Å². The molecule has 2 N–H and O–H groups in total. The van der Waals surface area contributed by atoms with Gasteiger partial charge in [-0.15, -0.1) is 0 Å². The molecule has 0 amide bonds. The van der Waals surface area contributed by atoms with Crippen LogP contribution < -0.4 is 19.9 Å². The zero-order valence-electron chi connectivity index (χ0n) is 19.0. The van der Waals surface area contributed by atoms with E-state index in [1.54, 1.807) is 12.1 Å². The van der Waals surface area contributed by atoms with Gasteiger partial charge in [-0.3, -0.25) is 18.7 Å². The molecule has 0 bridgehead atoms. The number of carbonyl (C=O) groups is 2. The SMILES string of the molecule is [C-]#[N+]C(C#N)=c1cc(OCCOC(=O)CS(=O)(=O)O)c(=C(C#N)[N+]#[C-])cc1OCCOC(=O)CS(=O)(=O)O. The number of benzene rings is 1. The fourth-order valence-corrected chi connectivity index (χ4v) is 3.22. The van der Waals surface area contributed by atoms with E-state index in [2.05, 4.69) is 19.2 Å². The van der Waals surface area contributed by atoms with Crippen LogP contribution >= 0.6 is 0 Å². The number of rotatable bonds is 12. The number of nitriles is 2. The highest BCUT2D eigenvalue weighted by molar-refractivity contribution is 7.86. The first-order valence-electron chi connectivity index (χ1n) is 9.69. The fraction of sp³-hybridized carbons (Fsp3) is 0.300. The van der Waals surface area contributed by atoms with Crippen molar-refractivity contribution < 1.29 is 54.5 Å². The Morgan fingerprint density at radius 3 is 1.37 bits per heavy atom. The molecule has 16 nitrogen and oxygen atoms in total. The zero-order valence-corrected chi connectivity index (χ0v) is 20.6. The van der Waals surface area contributed by atoms with E-state index in [9.17, 15) is 36.9 Å². The number of esters is 2. The van der Waals surface area contributed by atoms with Crippen LogP contribution in [0.15, 0.2) is 12.1 Å². The van der Waals surface area contributed by atoms with Crippen LogP contribution in [0.4, 0.5) is 0 Å². The van der Waals surface area contributed by atoms with Gasteiger partial charge in [0.25, 0.3) is 31.6 Å². The molecule has 1 aromatic rings. The lowest BCUT2D eigenvalue weighted by Gasteiger charge is -2.12. The van der Waals surface area contributed by atoms with E-state index in [4.69, 9.17) is 31.7 Å². The average Bonchev–Trinajstić information content (AvgIpc) is 2.80. The summed E-state index contributed by atoms with van der Waals surface area (Å²) >= 11 is 0. The number of ether oxygens (including phenoxy) is 4. The van der Waals surface area contributed by atoms with E-state index in [-0.39, 0.29) is 21.9 Å². The minimum absolute atomic E-state index is 0.170. The highest BCUT2D eigenvalue weighted by atomic mass is 32.2. The van der Waals surface area contributed by atoms with Gasteiger partial charge < -0.3 is 18.9 Å². The van der Waals surface area contributed by atoms with E-state index in [0.717, 1.165) is 12.1 Å². The Balaban J connectivity index is 3.30. The molecular weight excluding hydrogens is 552 g/mol. The second-order valence-corrected chi connectivity index (χ2v) is 9.48. The quantitative estimate of drug-likeness (QED) is 0.125. The summed E-state index contributed by atoms with van der Waals surface area (Å²) in [6, 6.07) is 5.39. The monoisotopic (exact) mass is 568 g/mol. The molecule has 0 fully saturated rings. The molecule has 0 saturated carbocycles. The molecule has 0 unspecified atom stereocenters. The fourth-order valence-electron chi connectivity index (χ4n) is 2.46. The summed E-state index contributed by atoms with van der Waals surface area (Å²) in [5, 5.41) is 18.3. The zero-order chi connectivity index (χ0) is 28.9. The second-order valence-electron chi connectivity index (χ2n) is 6.58. The molecule has 0 heterocycles. The van der Waals surface area contributed by atoms with Gasteiger partial charge in [0, 0.05) is 10.4 Å². The van der Waals surface area contributed by atoms with Gasteiger partial charge in [-0.05, 0) is 12.1 Å². The lowest BCUT2D eigenvalue weighted by Crippen LogP contribution is -2.24. The van der Waals surface area contributed by atoms with Gasteiger partial charge in [-0.1, -0.05) is 0 Å². The van der Waals surface area contributed by atoms with Crippen LogP contribution in [-0.4, -0.2) is 75.8 Å². The summed E-state index contributed by atoms with van der Waals surface area (Å²) in [5.74, 6) is -5.60. The summed E-state index contributed by atoms with van der Waals surface area (Å²) in [5.41, 5.74) is -1.03. The van der Waals surface area contributed by atoms with Gasteiger partial charge >= 0.3 is 11.9 Å². The van der Waals surface area contributed by atoms with E-state index >= 15 is 0 Å². The van der Waals surface area contributed by atoms with Crippen LogP contribution in [0.2, 0.25) is 0 Å². The first-order valence-corrected chi connectivity index (χ1v) is 12.9. The Morgan fingerprint density at radius 2 is 1.11 bits per heavy atom. The molecule has 0 atom stereocenters. The third kappa shape index (κ3) is 10.9. The highest BCUT2D eigenvalue weighted by Gasteiger charge is 2.16. The summed E-state index contributed by atoms with van der Waals surface area (Å²) in [7, 11) is -9.23. The third-order valence-electron chi connectivity index (χ3n) is 3.84. The average molecular weight is 568 g/mol. The van der Waals surface area contributed by atoms with Gasteiger partial charge in [0.05, 0.1) is 25.3 Å². The van der Waals surface area contributed by atoms with Crippen molar-refractivity contribution in [3.8, 4) is 23.6 Å². The number of carbonyl (C=O) groups excluding carboxylic acids is 2. The Kier molecular flexibility index (Phi) is 11.6. The number of hydrogen-bond donors (Lipinski definition) is 2. The molecular formula is C20H16N4O12S2. The van der Waals surface area contributed by atoms with Crippen molar-refractivity contribution in [2.75, 3.05) is 37.9 Å². The van der Waals surface area contributed by atoms with Gasteiger partial charge in [0.15, 0.2) is 11.5 Å². The number of hydrogen-bond acceptors (Lipinski definition) is 12. The molecule has 0 aliphatic carbocycles. The Morgan fingerprint density at radius 1 is 0.763 bits per heavy atom. The van der Waals surface area contributed by atoms with E-state index in [1.165, 1.54) is 0 Å². The summed E-state index contributed by atoms with van der Waals surface area (Å²) in [4.78, 5) is 28.8. The third-order valence-corrected chi connectivity index (χ3v) is 5.04. The van der Waals surface area contributed by atoms with Crippen LogP contribution in [0.3, 0.4) is 0 Å². The van der Waals surface area contributed by atoms with Crippen LogP contribution in [0.5, 0.6) is 11.5 Å². The Hall–Kier alpha value is -4.72. The maximum Gasteiger partial charge on any atom is 0.323 e. The molecule has 0 aromatic heterocycles. The minimum atomic E-state index is -4.61. The summed E-state index contributed by atoms with van der Waals surface area (Å²) in [6.07, 6.45) is 0. The van der Waals surface area contributed by atoms with Gasteiger partial charge in [0.1, 0.15) is 37.9 Å². The topological polar surface area (TPSA) is 236 Å². The first-order chi connectivity index (χ1) is 17.7. The summed E-state index contributed by atoms with van der Waals surface area (Å²) < 4.78 is 80.0. The molecule has 1 rings (SSSR count). The van der Waals surface area contributed by atoms with E-state index in [0.29, 0.717) is 0 Å². The van der Waals surface area contributed by atoms with E-state index in [1.807, 2.05) is 0 Å². The maximum atomic E-state index is 11.4. The molecule has 0 radical (unpaired) electrons. The van der Waals surface area contributed by atoms with Gasteiger partial charge in [-0.25, -0.2) is 20.2 Å². The normalized spacial score (nSPS) is 12.4. The predicted octanol–water partition coefficient (Wildman–Crippen LogP) is -1.59. The molecule has 0 aliphatic rings. The molecule has 0 spiro atoms. The van der Waals surface area contributed by atoms with Crippen molar-refractivity contribution in [1.82, 2.24) is 0 Å². The van der Waals surface area contributed by atoms with Crippen molar-refractivity contribution in [3.05, 3.63) is 45.4 Å². The van der Waals surface area contributed by atoms with Crippen LogP contribution in [0, 0.1) is 35.8 Å². The number of nitrogens with zero attached hydrogens (tertiary/aromatic N) is 4. The molecule has 38 heavy (non-hydrogen) atoms. The van der Waals surface area contributed by atoms with Crippen molar-refractivity contribution in [1.29, 1.82) is 10.5 Å². The van der Waals surface area contributed by atoms with Crippen LogP contribution in [0.25, 0.3) is 21.1 Å². The molecule has 18 heteroatoms. The molecule has 1 aromatic carbocycles. The van der Waals surface area contributed by atoms with Crippen molar-refractivity contribution in [2.45, 2.75) is 0 Å². The first kappa shape index (κ1) is 31.3. The summed E-state index contributed by atoms with van der Waals surface area (Å²) in [6.45, 7) is 12.5. The molecule has 0 saturated heterocycles. The lowest BCUT2D eigenvalue weighted by molar-refractivity contribution is -0.142. The standard InChI is InChI=1S/C20H16N4O12S2/c1-23-15(9-21)13-7-18(34-4-6-36-20(26)12-38(30,31)32)14(16(10-22)24-2)8-17(13)33-3-5-35-19(25)11-37(27,28)29/h7-8H,3-6,11-12H2,(H,27,28,29)(H,30,31,32). The second kappa shape index (κ2) is 14.1. The molecule has 200 valence electrons. The Bertz CT molecular complexity index is 1450. The smallest absolute Gasteiger partial charge is 0.323 e. The van der Waals surface area contributed by atoms with Crippen LogP contribution in [0.1, 0.15) is 0 Å². The maximum absolute atomic E-state index is 11.4. The minimum Gasteiger partial charge on any atom is -0.491 e. The van der Waals surface area contributed by atoms with Gasteiger partial charge in [-0.2, -0.15) is 16.8 Å². The van der Waals surface area contributed by atoms with Gasteiger partial charge in [0.2, 0.25) is 0 Å².